The van der Waals surface area contributed by atoms with E-state index in [2.05, 4.69) is 26.0 Å². The standard InChI is InChI=1S/C14H16O2/c1-10(2)11-3-5-12(6-4-11)14(15)13-7-8-16-9-13/h3-10,14-15H,1-2H3/t14-/m0/s1. The lowest BCUT2D eigenvalue weighted by atomic mass is 9.98. The monoisotopic (exact) mass is 216 g/mol. The molecule has 0 amide bonds. The van der Waals surface area contributed by atoms with Crippen molar-refractivity contribution >= 4 is 0 Å². The van der Waals surface area contributed by atoms with E-state index in [1.807, 2.05) is 12.1 Å². The molecule has 0 unspecified atom stereocenters. The summed E-state index contributed by atoms with van der Waals surface area (Å²) in [5, 5.41) is 10.1. The van der Waals surface area contributed by atoms with Crippen LogP contribution in [-0.4, -0.2) is 5.11 Å². The maximum Gasteiger partial charge on any atom is 0.107 e. The Morgan fingerprint density at radius 1 is 0.938 bits per heavy atom. The van der Waals surface area contributed by atoms with Crippen molar-refractivity contribution in [2.75, 3.05) is 0 Å². The van der Waals surface area contributed by atoms with E-state index in [-0.39, 0.29) is 0 Å². The Balaban J connectivity index is 2.22. The van der Waals surface area contributed by atoms with Crippen molar-refractivity contribution in [1.29, 1.82) is 0 Å². The third-order valence-electron chi connectivity index (χ3n) is 2.78. The van der Waals surface area contributed by atoms with Gasteiger partial charge in [0.2, 0.25) is 0 Å². The summed E-state index contributed by atoms with van der Waals surface area (Å²) < 4.78 is 4.96. The molecule has 0 saturated heterocycles. The van der Waals surface area contributed by atoms with Crippen LogP contribution < -0.4 is 0 Å². The highest BCUT2D eigenvalue weighted by Crippen LogP contribution is 2.24. The highest BCUT2D eigenvalue weighted by Gasteiger charge is 2.11. The van der Waals surface area contributed by atoms with Crippen molar-refractivity contribution in [2.45, 2.75) is 25.9 Å². The first kappa shape index (κ1) is 11.0. The molecule has 2 nitrogen and oxygen atoms in total. The second kappa shape index (κ2) is 4.54. The second-order valence-corrected chi connectivity index (χ2v) is 4.28. The molecule has 0 bridgehead atoms. The largest absolute Gasteiger partial charge is 0.472 e. The maximum absolute atomic E-state index is 10.1. The van der Waals surface area contributed by atoms with Crippen molar-refractivity contribution in [3.05, 3.63) is 59.5 Å². The van der Waals surface area contributed by atoms with Gasteiger partial charge >= 0.3 is 0 Å². The topological polar surface area (TPSA) is 33.4 Å². The van der Waals surface area contributed by atoms with E-state index in [1.165, 1.54) is 5.56 Å². The average molecular weight is 216 g/mol. The Bertz CT molecular complexity index is 426. The molecular weight excluding hydrogens is 200 g/mol. The summed E-state index contributed by atoms with van der Waals surface area (Å²) in [4.78, 5) is 0. The average Bonchev–Trinajstić information content (AvgIpc) is 2.81. The quantitative estimate of drug-likeness (QED) is 0.852. The van der Waals surface area contributed by atoms with Crippen LogP contribution in [0.2, 0.25) is 0 Å². The van der Waals surface area contributed by atoms with Crippen molar-refractivity contribution in [3.8, 4) is 0 Å². The highest BCUT2D eigenvalue weighted by atomic mass is 16.3. The molecule has 0 aliphatic carbocycles. The van der Waals surface area contributed by atoms with Gasteiger partial charge in [-0.2, -0.15) is 0 Å². The van der Waals surface area contributed by atoms with Gasteiger partial charge in [0.05, 0.1) is 12.5 Å². The minimum atomic E-state index is -0.597. The number of benzene rings is 1. The summed E-state index contributed by atoms with van der Waals surface area (Å²) >= 11 is 0. The van der Waals surface area contributed by atoms with Crippen LogP contribution in [0.25, 0.3) is 0 Å². The molecule has 1 aromatic carbocycles. The van der Waals surface area contributed by atoms with Crippen molar-refractivity contribution in [1.82, 2.24) is 0 Å². The van der Waals surface area contributed by atoms with Crippen LogP contribution in [0.5, 0.6) is 0 Å². The fourth-order valence-electron chi connectivity index (χ4n) is 1.69. The molecule has 0 spiro atoms. The third-order valence-corrected chi connectivity index (χ3v) is 2.78. The summed E-state index contributed by atoms with van der Waals surface area (Å²) in [6, 6.07) is 9.83. The normalized spacial score (nSPS) is 13.0. The number of rotatable bonds is 3. The Morgan fingerprint density at radius 3 is 2.06 bits per heavy atom. The molecule has 1 N–H and O–H groups in total. The summed E-state index contributed by atoms with van der Waals surface area (Å²) in [7, 11) is 0. The van der Waals surface area contributed by atoms with Gasteiger partial charge in [0.15, 0.2) is 0 Å². The van der Waals surface area contributed by atoms with Crippen LogP contribution in [-0.2, 0) is 0 Å². The van der Waals surface area contributed by atoms with Gasteiger partial charge in [-0.25, -0.2) is 0 Å². The van der Waals surface area contributed by atoms with Crippen molar-refractivity contribution in [3.63, 3.8) is 0 Å². The second-order valence-electron chi connectivity index (χ2n) is 4.28. The predicted octanol–water partition coefficient (Wildman–Crippen LogP) is 3.48. The maximum atomic E-state index is 10.1. The molecular formula is C14H16O2. The van der Waals surface area contributed by atoms with Crippen LogP contribution in [0.4, 0.5) is 0 Å². The summed E-state index contributed by atoms with van der Waals surface area (Å²) in [6.45, 7) is 4.31. The zero-order valence-electron chi connectivity index (χ0n) is 9.55. The fourth-order valence-corrected chi connectivity index (χ4v) is 1.69. The molecule has 0 aliphatic heterocycles. The van der Waals surface area contributed by atoms with E-state index in [1.54, 1.807) is 18.6 Å². The first-order valence-electron chi connectivity index (χ1n) is 5.48. The van der Waals surface area contributed by atoms with Crippen LogP contribution >= 0.6 is 0 Å². The lowest BCUT2D eigenvalue weighted by Crippen LogP contribution is -1.98. The highest BCUT2D eigenvalue weighted by molar-refractivity contribution is 5.31. The lowest BCUT2D eigenvalue weighted by molar-refractivity contribution is 0.219. The molecule has 2 aromatic rings. The van der Waals surface area contributed by atoms with Gasteiger partial charge in [-0.1, -0.05) is 38.1 Å². The molecule has 16 heavy (non-hydrogen) atoms. The molecule has 84 valence electrons. The van der Waals surface area contributed by atoms with Gasteiger partial charge < -0.3 is 9.52 Å². The minimum absolute atomic E-state index is 0.514. The number of hydrogen-bond donors (Lipinski definition) is 1. The molecule has 1 aromatic heterocycles. The Morgan fingerprint density at radius 2 is 1.56 bits per heavy atom. The minimum Gasteiger partial charge on any atom is -0.472 e. The Hall–Kier alpha value is -1.54. The molecule has 2 rings (SSSR count). The molecule has 1 heterocycles. The molecule has 0 aliphatic rings. The predicted molar refractivity (Wildman–Crippen MR) is 63.3 cm³/mol. The molecule has 0 saturated carbocycles. The lowest BCUT2D eigenvalue weighted by Gasteiger charge is -2.11. The van der Waals surface area contributed by atoms with E-state index >= 15 is 0 Å². The van der Waals surface area contributed by atoms with Crippen LogP contribution in [0.15, 0.2) is 47.3 Å². The Labute approximate surface area is 95.5 Å². The third kappa shape index (κ3) is 2.17. The molecule has 1 atom stereocenters. The van der Waals surface area contributed by atoms with Crippen molar-refractivity contribution in [2.24, 2.45) is 0 Å². The van der Waals surface area contributed by atoms with E-state index in [0.29, 0.717) is 5.92 Å². The Kier molecular flexibility index (Phi) is 3.11. The summed E-state index contributed by atoms with van der Waals surface area (Å²) in [5.41, 5.74) is 2.96. The number of furan rings is 1. The number of aliphatic hydroxyl groups is 1. The van der Waals surface area contributed by atoms with E-state index in [9.17, 15) is 5.11 Å². The van der Waals surface area contributed by atoms with E-state index < -0.39 is 6.10 Å². The summed E-state index contributed by atoms with van der Waals surface area (Å²) in [6.07, 6.45) is 2.54. The first-order valence-corrected chi connectivity index (χ1v) is 5.48. The van der Waals surface area contributed by atoms with Crippen LogP contribution in [0.3, 0.4) is 0 Å². The van der Waals surface area contributed by atoms with Gasteiger partial charge in [0, 0.05) is 5.56 Å². The fraction of sp³-hybridized carbons (Fsp3) is 0.286. The number of hydrogen-bond acceptors (Lipinski definition) is 2. The van der Waals surface area contributed by atoms with Gasteiger partial charge in [-0.15, -0.1) is 0 Å². The molecule has 0 fully saturated rings. The van der Waals surface area contributed by atoms with E-state index in [0.717, 1.165) is 11.1 Å². The molecule has 0 radical (unpaired) electrons. The summed E-state index contributed by atoms with van der Waals surface area (Å²) in [5.74, 6) is 0.514. The first-order chi connectivity index (χ1) is 7.68. The SMILES string of the molecule is CC(C)c1ccc([C@H](O)c2ccoc2)cc1. The van der Waals surface area contributed by atoms with Gasteiger partial charge in [0.25, 0.3) is 0 Å². The van der Waals surface area contributed by atoms with Gasteiger partial charge in [-0.05, 0) is 23.1 Å². The van der Waals surface area contributed by atoms with Crippen LogP contribution in [0, 0.1) is 0 Å². The zero-order chi connectivity index (χ0) is 11.5. The van der Waals surface area contributed by atoms with Crippen LogP contribution in [0.1, 0.15) is 42.6 Å². The smallest absolute Gasteiger partial charge is 0.107 e. The van der Waals surface area contributed by atoms with Gasteiger partial charge in [0.1, 0.15) is 6.10 Å². The number of aliphatic hydroxyl groups excluding tert-OH is 1. The van der Waals surface area contributed by atoms with E-state index in [4.69, 9.17) is 4.42 Å². The molecule has 2 heteroatoms. The zero-order valence-corrected chi connectivity index (χ0v) is 9.55. The van der Waals surface area contributed by atoms with Crippen molar-refractivity contribution < 1.29 is 9.52 Å². The van der Waals surface area contributed by atoms with Gasteiger partial charge in [-0.3, -0.25) is 0 Å².